The van der Waals surface area contributed by atoms with Crippen LogP contribution < -0.4 is 5.32 Å². The Morgan fingerprint density at radius 3 is 2.72 bits per heavy atom. The van der Waals surface area contributed by atoms with Crippen molar-refractivity contribution in [2.24, 2.45) is 5.41 Å². The van der Waals surface area contributed by atoms with E-state index in [0.717, 1.165) is 18.4 Å². The van der Waals surface area contributed by atoms with Gasteiger partial charge in [0.1, 0.15) is 0 Å². The van der Waals surface area contributed by atoms with Gasteiger partial charge in [0.2, 0.25) is 0 Å². The summed E-state index contributed by atoms with van der Waals surface area (Å²) in [6.45, 7) is 7.16. The molecule has 1 amide bonds. The third-order valence-electron chi connectivity index (χ3n) is 4.60. The normalized spacial score (nSPS) is 21.1. The minimum Gasteiger partial charge on any atom is -0.378 e. The number of aromatic nitrogens is 2. The van der Waals surface area contributed by atoms with Gasteiger partial charge in [-0.25, -0.2) is 0 Å². The van der Waals surface area contributed by atoms with Crippen molar-refractivity contribution in [2.75, 3.05) is 6.61 Å². The summed E-state index contributed by atoms with van der Waals surface area (Å²) >= 11 is 5.94. The summed E-state index contributed by atoms with van der Waals surface area (Å²) in [6.07, 6.45) is 3.36. The number of ether oxygens (including phenoxy) is 1. The van der Waals surface area contributed by atoms with Gasteiger partial charge in [-0.15, -0.1) is 0 Å². The first kappa shape index (κ1) is 18.0. The first-order valence-corrected chi connectivity index (χ1v) is 8.94. The second-order valence-electron chi connectivity index (χ2n) is 7.59. The average molecular weight is 362 g/mol. The molecule has 0 aliphatic carbocycles. The number of hydrogen-bond donors (Lipinski definition) is 2. The number of amides is 1. The molecule has 3 rings (SSSR count). The van der Waals surface area contributed by atoms with Gasteiger partial charge >= 0.3 is 0 Å². The summed E-state index contributed by atoms with van der Waals surface area (Å²) < 4.78 is 5.87. The lowest BCUT2D eigenvalue weighted by Gasteiger charge is -2.37. The summed E-state index contributed by atoms with van der Waals surface area (Å²) in [5.41, 5.74) is 2.19. The average Bonchev–Trinajstić information content (AvgIpc) is 3.05. The number of hydrogen-bond acceptors (Lipinski definition) is 3. The molecule has 0 spiro atoms. The molecule has 1 aromatic carbocycles. The molecule has 25 heavy (non-hydrogen) atoms. The number of carbonyl (C=O) groups excluding carboxylic acids is 1. The molecule has 0 saturated carbocycles. The highest BCUT2D eigenvalue weighted by molar-refractivity contribution is 6.30. The van der Waals surface area contributed by atoms with Crippen molar-refractivity contribution in [3.63, 3.8) is 0 Å². The fourth-order valence-electron chi connectivity index (χ4n) is 3.09. The molecule has 2 atom stereocenters. The van der Waals surface area contributed by atoms with Gasteiger partial charge in [0.25, 0.3) is 5.91 Å². The van der Waals surface area contributed by atoms with Crippen LogP contribution in [0.3, 0.4) is 0 Å². The summed E-state index contributed by atoms with van der Waals surface area (Å²) in [7, 11) is 0. The molecule has 0 unspecified atom stereocenters. The van der Waals surface area contributed by atoms with E-state index < -0.39 is 0 Å². The lowest BCUT2D eigenvalue weighted by molar-refractivity contribution is -0.0569. The van der Waals surface area contributed by atoms with E-state index in [1.165, 1.54) is 0 Å². The standard InChI is InChI=1S/C19H24ClN3O2/c1-19(2,3)16-10-14(8-9-25-16)22-18(24)15-11-21-23-17(15)12-4-6-13(20)7-5-12/h4-7,11,14,16H,8-10H2,1-3H3,(H,21,23)(H,22,24)/t14-,16+/m0/s1. The van der Waals surface area contributed by atoms with Crippen molar-refractivity contribution in [3.05, 3.63) is 41.0 Å². The van der Waals surface area contributed by atoms with Crippen molar-refractivity contribution in [3.8, 4) is 11.3 Å². The van der Waals surface area contributed by atoms with Crippen LogP contribution in [0.2, 0.25) is 5.02 Å². The van der Waals surface area contributed by atoms with Crippen LogP contribution in [0.1, 0.15) is 44.0 Å². The Morgan fingerprint density at radius 2 is 2.04 bits per heavy atom. The molecule has 0 radical (unpaired) electrons. The maximum Gasteiger partial charge on any atom is 0.255 e. The predicted octanol–water partition coefficient (Wildman–Crippen LogP) is 4.05. The summed E-state index contributed by atoms with van der Waals surface area (Å²) in [4.78, 5) is 12.8. The van der Waals surface area contributed by atoms with Crippen LogP contribution >= 0.6 is 11.6 Å². The first-order chi connectivity index (χ1) is 11.8. The highest BCUT2D eigenvalue weighted by Crippen LogP contribution is 2.30. The molecule has 6 heteroatoms. The lowest BCUT2D eigenvalue weighted by Crippen LogP contribution is -2.45. The topological polar surface area (TPSA) is 67.0 Å². The Morgan fingerprint density at radius 1 is 1.32 bits per heavy atom. The van der Waals surface area contributed by atoms with Gasteiger partial charge in [-0.1, -0.05) is 44.5 Å². The zero-order chi connectivity index (χ0) is 18.0. The quantitative estimate of drug-likeness (QED) is 0.866. The molecule has 2 heterocycles. The van der Waals surface area contributed by atoms with Crippen LogP contribution in [0.4, 0.5) is 0 Å². The highest BCUT2D eigenvalue weighted by atomic mass is 35.5. The maximum atomic E-state index is 12.8. The second kappa shape index (κ2) is 7.18. The SMILES string of the molecule is CC(C)(C)[C@H]1C[C@@H](NC(=O)c2cn[nH]c2-c2ccc(Cl)cc2)CCO1. The Kier molecular flexibility index (Phi) is 5.16. The van der Waals surface area contributed by atoms with Crippen molar-refractivity contribution in [1.82, 2.24) is 15.5 Å². The van der Waals surface area contributed by atoms with Crippen LogP contribution in [0.5, 0.6) is 0 Å². The summed E-state index contributed by atoms with van der Waals surface area (Å²) in [6, 6.07) is 7.45. The lowest BCUT2D eigenvalue weighted by atomic mass is 9.83. The Bertz CT molecular complexity index is 734. The van der Waals surface area contributed by atoms with Crippen molar-refractivity contribution in [2.45, 2.75) is 45.8 Å². The van der Waals surface area contributed by atoms with E-state index in [1.54, 1.807) is 18.3 Å². The number of rotatable bonds is 3. The van der Waals surface area contributed by atoms with Crippen LogP contribution in [-0.2, 0) is 4.74 Å². The number of benzene rings is 1. The van der Waals surface area contributed by atoms with Crippen LogP contribution in [0.15, 0.2) is 30.5 Å². The summed E-state index contributed by atoms with van der Waals surface area (Å²) in [5, 5.41) is 10.8. The molecular formula is C19H24ClN3O2. The third kappa shape index (κ3) is 4.22. The van der Waals surface area contributed by atoms with Gasteiger partial charge in [-0.05, 0) is 30.4 Å². The fraction of sp³-hybridized carbons (Fsp3) is 0.474. The highest BCUT2D eigenvalue weighted by Gasteiger charge is 2.32. The molecule has 1 aliphatic heterocycles. The Hall–Kier alpha value is -1.85. The first-order valence-electron chi connectivity index (χ1n) is 8.56. The molecule has 0 bridgehead atoms. The molecule has 1 aromatic heterocycles. The van der Waals surface area contributed by atoms with Crippen LogP contribution in [-0.4, -0.2) is 34.9 Å². The van der Waals surface area contributed by atoms with Gasteiger partial charge < -0.3 is 10.1 Å². The van der Waals surface area contributed by atoms with Gasteiger partial charge in [-0.2, -0.15) is 5.10 Å². The number of halogens is 1. The molecule has 1 fully saturated rings. The number of aromatic amines is 1. The zero-order valence-electron chi connectivity index (χ0n) is 14.8. The van der Waals surface area contributed by atoms with E-state index >= 15 is 0 Å². The summed E-state index contributed by atoms with van der Waals surface area (Å²) in [5.74, 6) is -0.113. The number of nitrogens with one attached hydrogen (secondary N) is 2. The van der Waals surface area contributed by atoms with Gasteiger partial charge in [-0.3, -0.25) is 9.89 Å². The number of nitrogens with zero attached hydrogens (tertiary/aromatic N) is 1. The predicted molar refractivity (Wildman–Crippen MR) is 98.7 cm³/mol. The van der Waals surface area contributed by atoms with E-state index in [9.17, 15) is 4.79 Å². The van der Waals surface area contributed by atoms with Crippen molar-refractivity contribution < 1.29 is 9.53 Å². The van der Waals surface area contributed by atoms with Crippen LogP contribution in [0.25, 0.3) is 11.3 Å². The fourth-order valence-corrected chi connectivity index (χ4v) is 3.22. The molecule has 5 nitrogen and oxygen atoms in total. The monoisotopic (exact) mass is 361 g/mol. The minimum absolute atomic E-state index is 0.0630. The van der Waals surface area contributed by atoms with Gasteiger partial charge in [0, 0.05) is 23.2 Å². The zero-order valence-corrected chi connectivity index (χ0v) is 15.6. The van der Waals surface area contributed by atoms with E-state index in [4.69, 9.17) is 16.3 Å². The van der Waals surface area contributed by atoms with Crippen molar-refractivity contribution >= 4 is 17.5 Å². The molecule has 134 valence electrons. The van der Waals surface area contributed by atoms with Crippen molar-refractivity contribution in [1.29, 1.82) is 0 Å². The molecule has 1 aliphatic rings. The third-order valence-corrected chi connectivity index (χ3v) is 4.85. The van der Waals surface area contributed by atoms with E-state index in [2.05, 4.69) is 36.3 Å². The molecule has 2 aromatic rings. The van der Waals surface area contributed by atoms with Gasteiger partial charge in [0.15, 0.2) is 0 Å². The smallest absolute Gasteiger partial charge is 0.255 e. The molecule has 1 saturated heterocycles. The minimum atomic E-state index is -0.113. The van der Waals surface area contributed by atoms with Gasteiger partial charge in [0.05, 0.1) is 23.6 Å². The number of H-pyrrole nitrogens is 1. The Balaban J connectivity index is 1.72. The van der Waals surface area contributed by atoms with E-state index in [1.807, 2.05) is 12.1 Å². The largest absolute Gasteiger partial charge is 0.378 e. The van der Waals surface area contributed by atoms with E-state index in [0.29, 0.717) is 22.9 Å². The number of carbonyl (C=O) groups is 1. The molecular weight excluding hydrogens is 338 g/mol. The maximum absolute atomic E-state index is 12.8. The Labute approximate surface area is 153 Å². The van der Waals surface area contributed by atoms with E-state index in [-0.39, 0.29) is 23.5 Å². The van der Waals surface area contributed by atoms with Crippen LogP contribution in [0, 0.1) is 5.41 Å². The molecule has 2 N–H and O–H groups in total. The second-order valence-corrected chi connectivity index (χ2v) is 8.02.